The summed E-state index contributed by atoms with van der Waals surface area (Å²) in [7, 11) is 0. The number of carbonyl (C=O) groups is 2. The molecule has 5 nitrogen and oxygen atoms in total. The quantitative estimate of drug-likeness (QED) is 0.559. The summed E-state index contributed by atoms with van der Waals surface area (Å²) >= 11 is 2.57. The van der Waals surface area contributed by atoms with E-state index in [0.717, 1.165) is 31.7 Å². The Kier molecular flexibility index (Phi) is 5.88. The van der Waals surface area contributed by atoms with Crippen molar-refractivity contribution in [3.63, 3.8) is 0 Å². The van der Waals surface area contributed by atoms with Gasteiger partial charge in [0.05, 0.1) is 0 Å². The number of aliphatic carboxylic acids is 1. The van der Waals surface area contributed by atoms with Gasteiger partial charge in [-0.25, -0.2) is 0 Å². The summed E-state index contributed by atoms with van der Waals surface area (Å²) in [6.45, 7) is 0.142. The number of ether oxygens (including phenoxy) is 1. The zero-order chi connectivity index (χ0) is 21.1. The molecule has 0 spiro atoms. The zero-order valence-corrected chi connectivity index (χ0v) is 17.8. The summed E-state index contributed by atoms with van der Waals surface area (Å²) < 4.78 is 6.61. The third-order valence-electron chi connectivity index (χ3n) is 5.36. The van der Waals surface area contributed by atoms with Crippen LogP contribution in [0.4, 0.5) is 4.79 Å². The van der Waals surface area contributed by atoms with Crippen LogP contribution in [0.3, 0.4) is 0 Å². The first-order valence-electron chi connectivity index (χ1n) is 9.64. The van der Waals surface area contributed by atoms with Gasteiger partial charge < -0.3 is 0 Å². The van der Waals surface area contributed by atoms with Crippen LogP contribution in [0, 0.1) is 0 Å². The number of fused-ring (bicyclic) bond motifs is 3. The number of hydrogen-bond donors (Lipinski definition) is 1. The van der Waals surface area contributed by atoms with Gasteiger partial charge in [-0.05, 0) is 0 Å². The van der Waals surface area contributed by atoms with E-state index in [1.54, 1.807) is 0 Å². The minimum atomic E-state index is -1.09. The molecule has 30 heavy (non-hydrogen) atoms. The van der Waals surface area contributed by atoms with Crippen LogP contribution < -0.4 is 0 Å². The van der Waals surface area contributed by atoms with Gasteiger partial charge in [-0.3, -0.25) is 0 Å². The molecule has 1 aliphatic rings. The van der Waals surface area contributed by atoms with E-state index in [0.29, 0.717) is 0 Å². The molecule has 1 amide bonds. The minimum absolute atomic E-state index is 0.0767. The van der Waals surface area contributed by atoms with Crippen molar-refractivity contribution in [3.8, 4) is 11.1 Å². The van der Waals surface area contributed by atoms with E-state index in [-0.39, 0.29) is 18.9 Å². The molecule has 1 aliphatic carbocycles. The van der Waals surface area contributed by atoms with Gasteiger partial charge in [0.15, 0.2) is 0 Å². The first-order chi connectivity index (χ1) is 14.6. The molecule has 152 valence electrons. The maximum absolute atomic E-state index is 12.7. The summed E-state index contributed by atoms with van der Waals surface area (Å²) in [5, 5.41) is 9.62. The van der Waals surface area contributed by atoms with Crippen LogP contribution in [-0.2, 0) is 16.0 Å². The number of carboxylic acids is 1. The molecule has 6 heteroatoms. The van der Waals surface area contributed by atoms with E-state index in [2.05, 4.69) is 28.4 Å². The van der Waals surface area contributed by atoms with E-state index in [1.165, 1.54) is 0 Å². The average Bonchev–Trinajstić information content (AvgIpc) is 3.09. The number of carboxylic acid groups (broad SMARTS) is 1. The Labute approximate surface area is 183 Å². The molecule has 0 aliphatic heterocycles. The van der Waals surface area contributed by atoms with E-state index in [4.69, 9.17) is 4.74 Å². The van der Waals surface area contributed by atoms with Gasteiger partial charge >= 0.3 is 183 Å². The van der Waals surface area contributed by atoms with E-state index >= 15 is 0 Å². The van der Waals surface area contributed by atoms with Crippen molar-refractivity contribution in [1.29, 1.82) is 0 Å². The monoisotopic (exact) mass is 466 g/mol. The second-order valence-electron chi connectivity index (χ2n) is 7.17. The van der Waals surface area contributed by atoms with Crippen LogP contribution in [-0.4, -0.2) is 50.0 Å². The third-order valence-corrected chi connectivity index (χ3v) is 6.20. The summed E-state index contributed by atoms with van der Waals surface area (Å²) in [4.78, 5) is 24.4. The van der Waals surface area contributed by atoms with Crippen LogP contribution in [0.1, 0.15) is 22.6 Å². The SMILES string of the molecule is O=C(O)[C@H](Cc1ccccc1)N([Se-])C(=O)OCC1c2ccccc2-c2ccccc21. The van der Waals surface area contributed by atoms with Gasteiger partial charge in [-0.15, -0.1) is 0 Å². The first-order valence-corrected chi connectivity index (χ1v) is 10.4. The third kappa shape index (κ3) is 3.97. The zero-order valence-electron chi connectivity index (χ0n) is 16.1. The number of nitrogens with zero attached hydrogens (tertiary/aromatic N) is 1. The topological polar surface area (TPSA) is 66.8 Å². The molecule has 1 N–H and O–H groups in total. The van der Waals surface area contributed by atoms with Crippen molar-refractivity contribution in [2.24, 2.45) is 0 Å². The molecular formula is C24H20NO4Se-. The van der Waals surface area contributed by atoms with Gasteiger partial charge in [0.1, 0.15) is 0 Å². The molecule has 0 saturated carbocycles. The molecule has 3 aromatic carbocycles. The Hall–Kier alpha value is -3.08. The number of hydrogen-bond acceptors (Lipinski definition) is 3. The van der Waals surface area contributed by atoms with Crippen molar-refractivity contribution in [2.45, 2.75) is 18.4 Å². The van der Waals surface area contributed by atoms with Gasteiger partial charge in [0, 0.05) is 0 Å². The second kappa shape index (κ2) is 8.74. The van der Waals surface area contributed by atoms with Gasteiger partial charge in [0.2, 0.25) is 0 Å². The molecule has 0 saturated heterocycles. The standard InChI is InChI=1S/C24H20NO4Se/c26-23(27)22(14-16-8-2-1-3-9-16)25(30)24(28)29-15-21-19-12-6-4-10-17(19)18-11-5-7-13-20(18)21/h1-13,21-22H,14-15H2,(H,26,27)/q-1/t22-/m0/s1. The number of benzene rings is 3. The Morgan fingerprint density at radius 3 is 2.00 bits per heavy atom. The summed E-state index contributed by atoms with van der Waals surface area (Å²) in [5.41, 5.74) is 5.33. The molecule has 0 bridgehead atoms. The second-order valence-corrected chi connectivity index (χ2v) is 8.00. The summed E-state index contributed by atoms with van der Waals surface area (Å²) in [6.07, 6.45) is -0.506. The van der Waals surface area contributed by atoms with Crippen molar-refractivity contribution in [2.75, 3.05) is 6.61 Å². The van der Waals surface area contributed by atoms with Gasteiger partial charge in [-0.2, -0.15) is 0 Å². The van der Waals surface area contributed by atoms with Crippen LogP contribution in [0.25, 0.3) is 11.1 Å². The molecule has 0 aromatic heterocycles. The summed E-state index contributed by atoms with van der Waals surface area (Å²) in [5.74, 6) is -1.17. The molecule has 0 fully saturated rings. The number of carbonyl (C=O) groups excluding carboxylic acids is 1. The fourth-order valence-corrected chi connectivity index (χ4v) is 4.35. The Morgan fingerprint density at radius 1 is 0.900 bits per heavy atom. The molecule has 3 aromatic rings. The van der Waals surface area contributed by atoms with Crippen molar-refractivity contribution in [3.05, 3.63) is 95.6 Å². The molecule has 0 unspecified atom stereocenters. The predicted molar refractivity (Wildman–Crippen MR) is 114 cm³/mol. The molecular weight excluding hydrogens is 445 g/mol. The van der Waals surface area contributed by atoms with Crippen LogP contribution in [0.15, 0.2) is 78.9 Å². The molecule has 0 heterocycles. The van der Waals surface area contributed by atoms with E-state index in [1.807, 2.05) is 66.7 Å². The normalized spacial score (nSPS) is 13.2. The molecule has 1 atom stereocenters. The Balaban J connectivity index is 1.48. The molecule has 4 rings (SSSR count). The summed E-state index contributed by atoms with van der Waals surface area (Å²) in [6, 6.07) is 24.3. The predicted octanol–water partition coefficient (Wildman–Crippen LogP) is 4.02. The Morgan fingerprint density at radius 2 is 1.43 bits per heavy atom. The van der Waals surface area contributed by atoms with Crippen LogP contribution >= 0.6 is 0 Å². The maximum atomic E-state index is 12.7. The van der Waals surface area contributed by atoms with Gasteiger partial charge in [0.25, 0.3) is 0 Å². The van der Waals surface area contributed by atoms with E-state index < -0.39 is 18.1 Å². The molecule has 0 radical (unpaired) electrons. The number of rotatable bonds is 6. The van der Waals surface area contributed by atoms with Crippen LogP contribution in [0.5, 0.6) is 0 Å². The van der Waals surface area contributed by atoms with Crippen molar-refractivity contribution in [1.82, 2.24) is 3.92 Å². The first kappa shape index (κ1) is 20.2. The fraction of sp³-hybridized carbons (Fsp3) is 0.167. The number of amides is 1. The van der Waals surface area contributed by atoms with E-state index in [9.17, 15) is 14.7 Å². The average molecular weight is 465 g/mol. The van der Waals surface area contributed by atoms with Crippen molar-refractivity contribution >= 4 is 28.3 Å². The van der Waals surface area contributed by atoms with Gasteiger partial charge in [-0.1, -0.05) is 0 Å². The fourth-order valence-electron chi connectivity index (χ4n) is 3.89. The Bertz CT molecular complexity index is 1020. The van der Waals surface area contributed by atoms with Crippen LogP contribution in [0.2, 0.25) is 0 Å². The van der Waals surface area contributed by atoms with Crippen molar-refractivity contribution < 1.29 is 19.4 Å².